The molecule has 1 atom stereocenters. The second kappa shape index (κ2) is 7.35. The molecule has 0 saturated carbocycles. The summed E-state index contributed by atoms with van der Waals surface area (Å²) in [7, 11) is -3.70. The first kappa shape index (κ1) is 18.2. The number of carboxylic acids is 1. The molecule has 0 spiro atoms. The van der Waals surface area contributed by atoms with E-state index in [1.54, 1.807) is 42.5 Å². The van der Waals surface area contributed by atoms with E-state index in [1.807, 2.05) is 6.92 Å². The van der Waals surface area contributed by atoms with E-state index < -0.39 is 28.6 Å². The van der Waals surface area contributed by atoms with E-state index >= 15 is 0 Å². The number of rotatable bonds is 6. The number of hydrogen-bond donors (Lipinski definition) is 2. The van der Waals surface area contributed by atoms with Gasteiger partial charge in [0.1, 0.15) is 0 Å². The lowest BCUT2D eigenvalue weighted by Gasteiger charge is -2.27. The van der Waals surface area contributed by atoms with E-state index in [2.05, 4.69) is 4.72 Å². The molecule has 1 heterocycles. The van der Waals surface area contributed by atoms with Gasteiger partial charge in [0.2, 0.25) is 10.0 Å². The van der Waals surface area contributed by atoms with E-state index in [9.17, 15) is 13.2 Å². The first-order chi connectivity index (χ1) is 12.4. The van der Waals surface area contributed by atoms with Gasteiger partial charge in [-0.05, 0) is 25.1 Å². The normalized spacial score (nSPS) is 16.4. The standard InChI is InChI=1S/C18H19NO6S/c1-12-5-7-13(8-6-12)26(22,23)19-15-9-10-24-18-14(15)3-2-4-16(18)25-11-17(20)21/h2-8,15,19H,9-11H2,1H3,(H,20,21). The van der Waals surface area contributed by atoms with E-state index in [4.69, 9.17) is 14.6 Å². The van der Waals surface area contributed by atoms with Crippen LogP contribution >= 0.6 is 0 Å². The van der Waals surface area contributed by atoms with Crippen LogP contribution in [0.1, 0.15) is 23.6 Å². The number of aryl methyl sites for hydroxylation is 1. The van der Waals surface area contributed by atoms with Gasteiger partial charge in [-0.2, -0.15) is 0 Å². The monoisotopic (exact) mass is 377 g/mol. The Morgan fingerprint density at radius 1 is 1.27 bits per heavy atom. The van der Waals surface area contributed by atoms with Crippen LogP contribution in [0.15, 0.2) is 47.4 Å². The highest BCUT2D eigenvalue weighted by Gasteiger charge is 2.28. The van der Waals surface area contributed by atoms with Crippen LogP contribution in [-0.2, 0) is 14.8 Å². The molecule has 138 valence electrons. The molecule has 0 aromatic heterocycles. The number of carbonyl (C=O) groups is 1. The van der Waals surface area contributed by atoms with Crippen molar-refractivity contribution in [2.75, 3.05) is 13.2 Å². The third-order valence-electron chi connectivity index (χ3n) is 4.02. The number of para-hydroxylation sites is 1. The van der Waals surface area contributed by atoms with Gasteiger partial charge in [-0.3, -0.25) is 0 Å². The highest BCUT2D eigenvalue weighted by atomic mass is 32.2. The highest BCUT2D eigenvalue weighted by molar-refractivity contribution is 7.89. The number of benzene rings is 2. The summed E-state index contributed by atoms with van der Waals surface area (Å²) in [4.78, 5) is 10.9. The van der Waals surface area contributed by atoms with Gasteiger partial charge < -0.3 is 14.6 Å². The fourth-order valence-corrected chi connectivity index (χ4v) is 3.99. The minimum absolute atomic E-state index is 0.189. The largest absolute Gasteiger partial charge is 0.489 e. The summed E-state index contributed by atoms with van der Waals surface area (Å²) in [6.07, 6.45) is 0.459. The second-order valence-electron chi connectivity index (χ2n) is 5.98. The van der Waals surface area contributed by atoms with Gasteiger partial charge in [-0.15, -0.1) is 0 Å². The molecule has 0 bridgehead atoms. The Morgan fingerprint density at radius 3 is 2.69 bits per heavy atom. The molecule has 1 aliphatic heterocycles. The Morgan fingerprint density at radius 2 is 2.00 bits per heavy atom. The lowest BCUT2D eigenvalue weighted by molar-refractivity contribution is -0.139. The minimum atomic E-state index is -3.70. The first-order valence-electron chi connectivity index (χ1n) is 8.06. The van der Waals surface area contributed by atoms with Crippen molar-refractivity contribution in [1.82, 2.24) is 4.72 Å². The molecule has 2 aromatic carbocycles. The van der Waals surface area contributed by atoms with Crippen LogP contribution in [0, 0.1) is 6.92 Å². The molecular weight excluding hydrogens is 358 g/mol. The van der Waals surface area contributed by atoms with Gasteiger partial charge in [0, 0.05) is 12.0 Å². The summed E-state index contributed by atoms with van der Waals surface area (Å²) in [5.41, 5.74) is 1.59. The lowest BCUT2D eigenvalue weighted by Crippen LogP contribution is -2.32. The number of sulfonamides is 1. The van der Waals surface area contributed by atoms with Gasteiger partial charge in [0.05, 0.1) is 17.5 Å². The molecule has 1 aliphatic rings. The summed E-state index contributed by atoms with van der Waals surface area (Å²) in [5, 5.41) is 8.77. The number of hydrogen-bond acceptors (Lipinski definition) is 5. The van der Waals surface area contributed by atoms with Crippen molar-refractivity contribution in [2.45, 2.75) is 24.3 Å². The summed E-state index contributed by atoms with van der Waals surface area (Å²) in [6, 6.07) is 11.1. The highest BCUT2D eigenvalue weighted by Crippen LogP contribution is 2.40. The third kappa shape index (κ3) is 3.97. The average Bonchev–Trinajstić information content (AvgIpc) is 2.60. The number of fused-ring (bicyclic) bond motifs is 1. The maximum atomic E-state index is 12.7. The summed E-state index contributed by atoms with van der Waals surface area (Å²) >= 11 is 0. The zero-order valence-corrected chi connectivity index (χ0v) is 15.0. The van der Waals surface area contributed by atoms with E-state index in [0.29, 0.717) is 24.3 Å². The third-order valence-corrected chi connectivity index (χ3v) is 5.51. The smallest absolute Gasteiger partial charge is 0.341 e. The van der Waals surface area contributed by atoms with Crippen LogP contribution < -0.4 is 14.2 Å². The van der Waals surface area contributed by atoms with Crippen LogP contribution in [0.2, 0.25) is 0 Å². The van der Waals surface area contributed by atoms with Crippen molar-refractivity contribution in [3.05, 3.63) is 53.6 Å². The lowest BCUT2D eigenvalue weighted by atomic mass is 10.0. The Bertz CT molecular complexity index is 908. The molecule has 2 N–H and O–H groups in total. The molecule has 3 rings (SSSR count). The van der Waals surface area contributed by atoms with Crippen LogP contribution in [0.25, 0.3) is 0 Å². The van der Waals surface area contributed by atoms with Crippen LogP contribution in [0.4, 0.5) is 0 Å². The van der Waals surface area contributed by atoms with Gasteiger partial charge in [0.25, 0.3) is 0 Å². The Balaban J connectivity index is 1.86. The van der Waals surface area contributed by atoms with Crippen molar-refractivity contribution in [3.63, 3.8) is 0 Å². The zero-order chi connectivity index (χ0) is 18.7. The zero-order valence-electron chi connectivity index (χ0n) is 14.1. The second-order valence-corrected chi connectivity index (χ2v) is 7.69. The minimum Gasteiger partial charge on any atom is -0.489 e. The molecule has 0 aliphatic carbocycles. The molecule has 7 nitrogen and oxygen atoms in total. The summed E-state index contributed by atoms with van der Waals surface area (Å²) in [6.45, 7) is 1.68. The fourth-order valence-electron chi connectivity index (χ4n) is 2.74. The van der Waals surface area contributed by atoms with Crippen LogP contribution in [0.5, 0.6) is 11.5 Å². The first-order valence-corrected chi connectivity index (χ1v) is 9.54. The van der Waals surface area contributed by atoms with Gasteiger partial charge in [-0.1, -0.05) is 29.8 Å². The van der Waals surface area contributed by atoms with E-state index in [1.165, 1.54) is 0 Å². The maximum absolute atomic E-state index is 12.7. The fraction of sp³-hybridized carbons (Fsp3) is 0.278. The predicted octanol–water partition coefficient (Wildman–Crippen LogP) is 2.26. The molecule has 26 heavy (non-hydrogen) atoms. The van der Waals surface area contributed by atoms with Crippen molar-refractivity contribution in [3.8, 4) is 11.5 Å². The molecule has 1 unspecified atom stereocenters. The molecule has 0 fully saturated rings. The van der Waals surface area contributed by atoms with Gasteiger partial charge >= 0.3 is 5.97 Å². The number of nitrogens with one attached hydrogen (secondary N) is 1. The van der Waals surface area contributed by atoms with Crippen molar-refractivity contribution in [1.29, 1.82) is 0 Å². The quantitative estimate of drug-likeness (QED) is 0.801. The number of ether oxygens (including phenoxy) is 2. The SMILES string of the molecule is Cc1ccc(S(=O)(=O)NC2CCOc3c(OCC(=O)O)cccc32)cc1. The van der Waals surface area contributed by atoms with Crippen molar-refractivity contribution < 1.29 is 27.8 Å². The Kier molecular flexibility index (Phi) is 5.15. The van der Waals surface area contributed by atoms with Crippen LogP contribution in [0.3, 0.4) is 0 Å². The number of carboxylic acid groups (broad SMARTS) is 1. The topological polar surface area (TPSA) is 102 Å². The van der Waals surface area contributed by atoms with Gasteiger partial charge in [0.15, 0.2) is 18.1 Å². The van der Waals surface area contributed by atoms with Crippen LogP contribution in [-0.4, -0.2) is 32.7 Å². The predicted molar refractivity (Wildman–Crippen MR) is 93.9 cm³/mol. The molecule has 0 radical (unpaired) electrons. The summed E-state index contributed by atoms with van der Waals surface area (Å²) in [5.74, 6) is -0.448. The Labute approximate surface area is 151 Å². The van der Waals surface area contributed by atoms with E-state index in [0.717, 1.165) is 5.56 Å². The van der Waals surface area contributed by atoms with E-state index in [-0.39, 0.29) is 10.6 Å². The molecule has 0 amide bonds. The average molecular weight is 377 g/mol. The van der Waals surface area contributed by atoms with Gasteiger partial charge in [-0.25, -0.2) is 17.9 Å². The molecule has 0 saturated heterocycles. The van der Waals surface area contributed by atoms with Crippen molar-refractivity contribution >= 4 is 16.0 Å². The summed E-state index contributed by atoms with van der Waals surface area (Å²) < 4.78 is 38.9. The maximum Gasteiger partial charge on any atom is 0.341 e. The Hall–Kier alpha value is -2.58. The van der Waals surface area contributed by atoms with Crippen molar-refractivity contribution in [2.24, 2.45) is 0 Å². The number of aliphatic carboxylic acids is 1. The molecule has 2 aromatic rings. The molecular formula is C18H19NO6S. The molecule has 8 heteroatoms.